The SMILES string of the molecule is COc1c(F)cccc1C1(O)CC2COCC(C1)N2C(=O)OCC1c2ccccc2-c2ccccc21. The van der Waals surface area contributed by atoms with Crippen LogP contribution in [0.4, 0.5) is 9.18 Å². The van der Waals surface area contributed by atoms with Gasteiger partial charge in [0, 0.05) is 24.3 Å². The summed E-state index contributed by atoms with van der Waals surface area (Å²) in [5, 5.41) is 11.6. The average Bonchev–Trinajstić information content (AvgIpc) is 3.20. The summed E-state index contributed by atoms with van der Waals surface area (Å²) in [6.07, 6.45) is -0.00971. The van der Waals surface area contributed by atoms with Crippen molar-refractivity contribution >= 4 is 6.09 Å². The number of hydrogen-bond acceptors (Lipinski definition) is 5. The number of aliphatic hydroxyl groups is 1. The van der Waals surface area contributed by atoms with Crippen molar-refractivity contribution in [2.24, 2.45) is 0 Å². The lowest BCUT2D eigenvalue weighted by Crippen LogP contribution is -2.62. The van der Waals surface area contributed by atoms with Gasteiger partial charge in [0.2, 0.25) is 0 Å². The molecular weight excluding hydrogens is 461 g/mol. The molecule has 6 nitrogen and oxygen atoms in total. The average molecular weight is 490 g/mol. The maximum absolute atomic E-state index is 14.4. The quantitative estimate of drug-likeness (QED) is 0.568. The summed E-state index contributed by atoms with van der Waals surface area (Å²) in [6, 6.07) is 20.2. The van der Waals surface area contributed by atoms with Gasteiger partial charge in [-0.1, -0.05) is 60.7 Å². The first-order valence-electron chi connectivity index (χ1n) is 12.3. The standard InChI is InChI=1S/C29H28FNO5/c1-34-27-25(11-6-12-26(27)30)29(33)13-18-15-35-16-19(14-29)31(18)28(32)36-17-24-22-9-4-2-7-20(22)21-8-3-5-10-23(21)24/h2-12,18-19,24,33H,13-17H2,1H3. The second kappa shape index (κ2) is 8.91. The molecule has 2 unspecified atom stereocenters. The van der Waals surface area contributed by atoms with Gasteiger partial charge in [0.05, 0.1) is 38.0 Å². The van der Waals surface area contributed by atoms with Crippen molar-refractivity contribution in [2.75, 3.05) is 26.9 Å². The van der Waals surface area contributed by atoms with Crippen LogP contribution in [-0.4, -0.2) is 55.1 Å². The molecular formula is C29H28FNO5. The molecule has 3 aromatic carbocycles. The molecule has 186 valence electrons. The van der Waals surface area contributed by atoms with Crippen molar-refractivity contribution < 1.29 is 28.5 Å². The summed E-state index contributed by atoms with van der Waals surface area (Å²) >= 11 is 0. The van der Waals surface area contributed by atoms with Gasteiger partial charge in [0.15, 0.2) is 11.6 Å². The molecule has 0 aromatic heterocycles. The Morgan fingerprint density at radius 1 is 1.00 bits per heavy atom. The third kappa shape index (κ3) is 3.65. The molecule has 6 rings (SSSR count). The van der Waals surface area contributed by atoms with Gasteiger partial charge < -0.3 is 19.3 Å². The van der Waals surface area contributed by atoms with Crippen molar-refractivity contribution in [3.8, 4) is 16.9 Å². The second-order valence-corrected chi connectivity index (χ2v) is 9.82. The molecule has 7 heteroatoms. The van der Waals surface area contributed by atoms with Crippen molar-refractivity contribution in [1.29, 1.82) is 0 Å². The molecule has 2 heterocycles. The van der Waals surface area contributed by atoms with E-state index >= 15 is 0 Å². The smallest absolute Gasteiger partial charge is 0.410 e. The molecule has 1 amide bonds. The van der Waals surface area contributed by atoms with E-state index in [0.717, 1.165) is 11.1 Å². The fourth-order valence-electron chi connectivity index (χ4n) is 6.25. The van der Waals surface area contributed by atoms with Crippen LogP contribution in [0, 0.1) is 5.82 Å². The summed E-state index contributed by atoms with van der Waals surface area (Å²) in [5.41, 5.74) is 3.71. The molecule has 3 aromatic rings. The molecule has 36 heavy (non-hydrogen) atoms. The number of para-hydroxylation sites is 1. The first-order chi connectivity index (χ1) is 17.5. The fourth-order valence-corrected chi connectivity index (χ4v) is 6.25. The van der Waals surface area contributed by atoms with E-state index in [1.165, 1.54) is 24.3 Å². The Bertz CT molecular complexity index is 1250. The van der Waals surface area contributed by atoms with Crippen molar-refractivity contribution in [3.05, 3.63) is 89.2 Å². The third-order valence-electron chi connectivity index (χ3n) is 7.77. The van der Waals surface area contributed by atoms with Gasteiger partial charge in [-0.3, -0.25) is 4.90 Å². The predicted octanol–water partition coefficient (Wildman–Crippen LogP) is 4.83. The minimum absolute atomic E-state index is 0.0317. The van der Waals surface area contributed by atoms with Gasteiger partial charge in [-0.2, -0.15) is 0 Å². The number of morpholine rings is 1. The molecule has 0 saturated carbocycles. The number of fused-ring (bicyclic) bond motifs is 5. The largest absolute Gasteiger partial charge is 0.493 e. The number of benzene rings is 3. The van der Waals surface area contributed by atoms with Crippen LogP contribution in [0.15, 0.2) is 66.7 Å². The molecule has 2 aliphatic heterocycles. The van der Waals surface area contributed by atoms with Crippen LogP contribution in [0.25, 0.3) is 11.1 Å². The number of amides is 1. The van der Waals surface area contributed by atoms with E-state index in [9.17, 15) is 14.3 Å². The maximum atomic E-state index is 14.4. The van der Waals surface area contributed by atoms with E-state index in [-0.39, 0.29) is 44.3 Å². The van der Waals surface area contributed by atoms with Crippen molar-refractivity contribution in [2.45, 2.75) is 36.4 Å². The van der Waals surface area contributed by atoms with Gasteiger partial charge in [-0.05, 0) is 28.3 Å². The Morgan fingerprint density at radius 2 is 1.61 bits per heavy atom. The topological polar surface area (TPSA) is 68.2 Å². The molecule has 0 spiro atoms. The Morgan fingerprint density at radius 3 is 2.22 bits per heavy atom. The number of carbonyl (C=O) groups is 1. The van der Waals surface area contributed by atoms with E-state index in [1.807, 2.05) is 24.3 Å². The second-order valence-electron chi connectivity index (χ2n) is 9.82. The maximum Gasteiger partial charge on any atom is 0.410 e. The number of ether oxygens (including phenoxy) is 3. The van der Waals surface area contributed by atoms with Gasteiger partial charge in [-0.25, -0.2) is 9.18 Å². The highest BCUT2D eigenvalue weighted by Gasteiger charge is 2.50. The van der Waals surface area contributed by atoms with E-state index in [2.05, 4.69) is 24.3 Å². The molecule has 2 bridgehead atoms. The van der Waals surface area contributed by atoms with Gasteiger partial charge in [-0.15, -0.1) is 0 Å². The van der Waals surface area contributed by atoms with Crippen LogP contribution < -0.4 is 4.74 Å². The number of carbonyl (C=O) groups excluding carboxylic acids is 1. The van der Waals surface area contributed by atoms with Crippen LogP contribution in [0.2, 0.25) is 0 Å². The Hall–Kier alpha value is -3.42. The van der Waals surface area contributed by atoms with E-state index < -0.39 is 29.6 Å². The van der Waals surface area contributed by atoms with Gasteiger partial charge >= 0.3 is 6.09 Å². The lowest BCUT2D eigenvalue weighted by atomic mass is 9.76. The molecule has 0 radical (unpaired) electrons. The lowest BCUT2D eigenvalue weighted by molar-refractivity contribution is -0.137. The minimum Gasteiger partial charge on any atom is -0.493 e. The van der Waals surface area contributed by atoms with Crippen LogP contribution in [0.5, 0.6) is 5.75 Å². The summed E-state index contributed by atoms with van der Waals surface area (Å²) in [5.74, 6) is -0.520. The highest BCUT2D eigenvalue weighted by atomic mass is 19.1. The van der Waals surface area contributed by atoms with Crippen molar-refractivity contribution in [3.63, 3.8) is 0 Å². The first kappa shape index (κ1) is 23.0. The number of rotatable bonds is 4. The summed E-state index contributed by atoms with van der Waals surface area (Å²) in [6.45, 7) is 0.785. The number of hydrogen-bond donors (Lipinski definition) is 1. The highest BCUT2D eigenvalue weighted by molar-refractivity contribution is 5.79. The predicted molar refractivity (Wildman–Crippen MR) is 131 cm³/mol. The zero-order valence-electron chi connectivity index (χ0n) is 20.0. The first-order valence-corrected chi connectivity index (χ1v) is 12.3. The normalized spacial score (nSPS) is 24.7. The molecule has 2 atom stereocenters. The highest BCUT2D eigenvalue weighted by Crippen LogP contribution is 2.46. The Kier molecular flexibility index (Phi) is 5.69. The molecule has 2 saturated heterocycles. The van der Waals surface area contributed by atoms with Crippen LogP contribution >= 0.6 is 0 Å². The molecule has 3 aliphatic rings. The Labute approximate surface area is 209 Å². The fraction of sp³-hybridized carbons (Fsp3) is 0.345. The van der Waals surface area contributed by atoms with Crippen LogP contribution in [0.1, 0.15) is 35.4 Å². The Balaban J connectivity index is 1.22. The summed E-state index contributed by atoms with van der Waals surface area (Å²) in [4.78, 5) is 15.1. The summed E-state index contributed by atoms with van der Waals surface area (Å²) < 4.78 is 31.3. The minimum atomic E-state index is -1.34. The number of methoxy groups -OCH3 is 1. The van der Waals surface area contributed by atoms with E-state index in [1.54, 1.807) is 17.0 Å². The number of piperidine rings is 1. The van der Waals surface area contributed by atoms with Gasteiger partial charge in [0.25, 0.3) is 0 Å². The van der Waals surface area contributed by atoms with E-state index in [4.69, 9.17) is 14.2 Å². The van der Waals surface area contributed by atoms with Crippen LogP contribution in [0.3, 0.4) is 0 Å². The lowest BCUT2D eigenvalue weighted by Gasteiger charge is -2.51. The summed E-state index contributed by atoms with van der Waals surface area (Å²) in [7, 11) is 1.39. The van der Waals surface area contributed by atoms with Crippen molar-refractivity contribution in [1.82, 2.24) is 4.90 Å². The molecule has 1 aliphatic carbocycles. The molecule has 1 N–H and O–H groups in total. The van der Waals surface area contributed by atoms with Crippen LogP contribution in [-0.2, 0) is 15.1 Å². The number of nitrogens with zero attached hydrogens (tertiary/aromatic N) is 1. The third-order valence-corrected chi connectivity index (χ3v) is 7.77. The van der Waals surface area contributed by atoms with Gasteiger partial charge in [0.1, 0.15) is 6.61 Å². The molecule has 2 fully saturated rings. The number of halogens is 1. The zero-order chi connectivity index (χ0) is 24.9. The van der Waals surface area contributed by atoms with E-state index in [0.29, 0.717) is 5.56 Å². The zero-order valence-corrected chi connectivity index (χ0v) is 20.0. The monoisotopic (exact) mass is 489 g/mol.